The predicted molar refractivity (Wildman–Crippen MR) is 115 cm³/mol. The van der Waals surface area contributed by atoms with Crippen molar-refractivity contribution in [2.24, 2.45) is 4.99 Å². The number of rotatable bonds is 6. The molecule has 1 aliphatic rings. The average molecular weight is 393 g/mol. The van der Waals surface area contributed by atoms with E-state index in [0.29, 0.717) is 5.92 Å². The van der Waals surface area contributed by atoms with E-state index in [9.17, 15) is 0 Å². The molecule has 1 atom stereocenters. The monoisotopic (exact) mass is 392 g/mol. The van der Waals surface area contributed by atoms with Gasteiger partial charge in [0.25, 0.3) is 0 Å². The molecule has 1 aromatic carbocycles. The van der Waals surface area contributed by atoms with Gasteiger partial charge in [-0.25, -0.2) is 0 Å². The standard InChI is InChI=1S/C22H28N6O/c1-23-22(24-13-5-7-21-26-25-20-6-3-4-14-28(20)21)27-15-12-18(16-27)17-8-10-19(29-2)11-9-17/h3-4,6,8-11,14,18H,5,7,12-13,15-16H2,1-2H3,(H,23,24). The quantitative estimate of drug-likeness (QED) is 0.397. The van der Waals surface area contributed by atoms with Crippen LogP contribution in [0.3, 0.4) is 0 Å². The summed E-state index contributed by atoms with van der Waals surface area (Å²) < 4.78 is 7.31. The Hall–Kier alpha value is -3.09. The Morgan fingerprint density at radius 3 is 2.86 bits per heavy atom. The summed E-state index contributed by atoms with van der Waals surface area (Å²) in [6.07, 6.45) is 5.01. The van der Waals surface area contributed by atoms with Crippen LogP contribution in [0.4, 0.5) is 0 Å². The van der Waals surface area contributed by atoms with Gasteiger partial charge in [-0.2, -0.15) is 0 Å². The van der Waals surface area contributed by atoms with Gasteiger partial charge in [-0.15, -0.1) is 10.2 Å². The molecule has 7 nitrogen and oxygen atoms in total. The van der Waals surface area contributed by atoms with Crippen LogP contribution in [0.5, 0.6) is 5.75 Å². The summed E-state index contributed by atoms with van der Waals surface area (Å²) in [6.45, 7) is 2.87. The lowest BCUT2D eigenvalue weighted by Crippen LogP contribution is -2.40. The third kappa shape index (κ3) is 4.34. The van der Waals surface area contributed by atoms with Gasteiger partial charge in [0.2, 0.25) is 0 Å². The number of benzene rings is 1. The lowest BCUT2D eigenvalue weighted by atomic mass is 9.98. The van der Waals surface area contributed by atoms with Crippen LogP contribution in [0, 0.1) is 0 Å². The second-order valence-electron chi connectivity index (χ2n) is 7.33. The summed E-state index contributed by atoms with van der Waals surface area (Å²) in [7, 11) is 3.56. The van der Waals surface area contributed by atoms with Crippen molar-refractivity contribution in [1.82, 2.24) is 24.8 Å². The molecule has 29 heavy (non-hydrogen) atoms. The zero-order chi connectivity index (χ0) is 20.1. The molecule has 1 aliphatic heterocycles. The molecule has 0 aliphatic carbocycles. The smallest absolute Gasteiger partial charge is 0.193 e. The molecule has 3 heterocycles. The number of hydrogen-bond acceptors (Lipinski definition) is 4. The maximum Gasteiger partial charge on any atom is 0.193 e. The highest BCUT2D eigenvalue weighted by molar-refractivity contribution is 5.80. The van der Waals surface area contributed by atoms with E-state index < -0.39 is 0 Å². The first-order chi connectivity index (χ1) is 14.3. The maximum absolute atomic E-state index is 5.26. The summed E-state index contributed by atoms with van der Waals surface area (Å²) in [5.74, 6) is 3.41. The number of methoxy groups -OCH3 is 1. The van der Waals surface area contributed by atoms with Crippen molar-refractivity contribution in [3.05, 3.63) is 60.0 Å². The number of aliphatic imine (C=N–C) groups is 1. The number of aromatic nitrogens is 3. The van der Waals surface area contributed by atoms with Gasteiger partial charge in [-0.1, -0.05) is 18.2 Å². The minimum atomic E-state index is 0.529. The molecule has 1 unspecified atom stereocenters. The van der Waals surface area contributed by atoms with E-state index in [2.05, 4.69) is 41.9 Å². The molecule has 1 N–H and O–H groups in total. The van der Waals surface area contributed by atoms with Crippen molar-refractivity contribution in [2.75, 3.05) is 33.8 Å². The minimum Gasteiger partial charge on any atom is -0.497 e. The summed E-state index contributed by atoms with van der Waals surface area (Å²) in [4.78, 5) is 6.84. The van der Waals surface area contributed by atoms with Crippen molar-refractivity contribution in [1.29, 1.82) is 0 Å². The Kier molecular flexibility index (Phi) is 5.93. The van der Waals surface area contributed by atoms with Gasteiger partial charge < -0.3 is 15.0 Å². The minimum absolute atomic E-state index is 0.529. The summed E-state index contributed by atoms with van der Waals surface area (Å²) >= 11 is 0. The van der Waals surface area contributed by atoms with E-state index in [4.69, 9.17) is 4.74 Å². The van der Waals surface area contributed by atoms with Gasteiger partial charge >= 0.3 is 0 Å². The number of pyridine rings is 1. The first kappa shape index (κ1) is 19.2. The molecule has 2 aromatic heterocycles. The molecule has 0 spiro atoms. The lowest BCUT2D eigenvalue weighted by Gasteiger charge is -2.21. The number of hydrogen-bond donors (Lipinski definition) is 1. The first-order valence-electron chi connectivity index (χ1n) is 10.2. The Balaban J connectivity index is 1.27. The molecule has 152 valence electrons. The van der Waals surface area contributed by atoms with E-state index in [1.807, 2.05) is 43.6 Å². The fourth-order valence-electron chi connectivity index (χ4n) is 3.94. The summed E-state index contributed by atoms with van der Waals surface area (Å²) in [5.41, 5.74) is 2.26. The summed E-state index contributed by atoms with van der Waals surface area (Å²) in [6, 6.07) is 14.4. The SMILES string of the molecule is CN=C(NCCCc1nnc2ccccn12)N1CCC(c2ccc(OC)cc2)C1. The van der Waals surface area contributed by atoms with Crippen molar-refractivity contribution in [3.63, 3.8) is 0 Å². The first-order valence-corrected chi connectivity index (χ1v) is 10.2. The fourth-order valence-corrected chi connectivity index (χ4v) is 3.94. The van der Waals surface area contributed by atoms with Gasteiger partial charge in [-0.3, -0.25) is 9.39 Å². The van der Waals surface area contributed by atoms with E-state index >= 15 is 0 Å². The number of nitrogens with one attached hydrogen (secondary N) is 1. The summed E-state index contributed by atoms with van der Waals surface area (Å²) in [5, 5.41) is 12.0. The van der Waals surface area contributed by atoms with Gasteiger partial charge in [-0.05, 0) is 42.7 Å². The molecule has 0 bridgehead atoms. The fraction of sp³-hybridized carbons (Fsp3) is 0.409. The predicted octanol–water partition coefficient (Wildman–Crippen LogP) is 2.74. The highest BCUT2D eigenvalue weighted by Crippen LogP contribution is 2.28. The average Bonchev–Trinajstić information content (AvgIpc) is 3.42. The second kappa shape index (κ2) is 8.94. The van der Waals surface area contributed by atoms with Crippen molar-refractivity contribution >= 4 is 11.6 Å². The van der Waals surface area contributed by atoms with Crippen molar-refractivity contribution in [3.8, 4) is 5.75 Å². The van der Waals surface area contributed by atoms with Gasteiger partial charge in [0.1, 0.15) is 11.6 Å². The van der Waals surface area contributed by atoms with E-state index in [0.717, 1.165) is 62.1 Å². The molecule has 0 radical (unpaired) electrons. The number of likely N-dealkylation sites (tertiary alicyclic amines) is 1. The maximum atomic E-state index is 5.26. The van der Waals surface area contributed by atoms with Crippen molar-refractivity contribution < 1.29 is 4.74 Å². The van der Waals surface area contributed by atoms with Crippen LogP contribution < -0.4 is 10.1 Å². The highest BCUT2D eigenvalue weighted by atomic mass is 16.5. The topological polar surface area (TPSA) is 67.0 Å². The lowest BCUT2D eigenvalue weighted by molar-refractivity contribution is 0.414. The largest absolute Gasteiger partial charge is 0.497 e. The molecular formula is C22H28N6O. The van der Waals surface area contributed by atoms with Crippen LogP contribution in [-0.2, 0) is 6.42 Å². The Labute approximate surface area is 171 Å². The van der Waals surface area contributed by atoms with Gasteiger partial charge in [0, 0.05) is 45.2 Å². The van der Waals surface area contributed by atoms with Crippen LogP contribution in [0.15, 0.2) is 53.7 Å². The zero-order valence-electron chi connectivity index (χ0n) is 17.1. The van der Waals surface area contributed by atoms with Crippen LogP contribution >= 0.6 is 0 Å². The molecule has 0 saturated carbocycles. The number of nitrogens with zero attached hydrogens (tertiary/aromatic N) is 5. The molecule has 4 rings (SSSR count). The van der Waals surface area contributed by atoms with E-state index in [-0.39, 0.29) is 0 Å². The molecular weight excluding hydrogens is 364 g/mol. The molecule has 1 fully saturated rings. The van der Waals surface area contributed by atoms with Crippen LogP contribution in [0.1, 0.15) is 30.1 Å². The molecule has 7 heteroatoms. The van der Waals surface area contributed by atoms with E-state index in [1.165, 1.54) is 5.56 Å². The zero-order valence-corrected chi connectivity index (χ0v) is 17.1. The number of guanidine groups is 1. The van der Waals surface area contributed by atoms with Gasteiger partial charge in [0.15, 0.2) is 11.6 Å². The normalized spacial score (nSPS) is 17.1. The van der Waals surface area contributed by atoms with Gasteiger partial charge in [0.05, 0.1) is 7.11 Å². The third-order valence-corrected chi connectivity index (χ3v) is 5.53. The third-order valence-electron chi connectivity index (χ3n) is 5.53. The number of fused-ring (bicyclic) bond motifs is 1. The molecule has 1 saturated heterocycles. The molecule has 3 aromatic rings. The Morgan fingerprint density at radius 1 is 1.21 bits per heavy atom. The van der Waals surface area contributed by atoms with Crippen molar-refractivity contribution in [2.45, 2.75) is 25.2 Å². The Morgan fingerprint density at radius 2 is 2.07 bits per heavy atom. The number of aryl methyl sites for hydroxylation is 1. The Bertz CT molecular complexity index is 965. The van der Waals surface area contributed by atoms with Crippen LogP contribution in [0.2, 0.25) is 0 Å². The van der Waals surface area contributed by atoms with Crippen LogP contribution in [0.25, 0.3) is 5.65 Å². The second-order valence-corrected chi connectivity index (χ2v) is 7.33. The number of ether oxygens (including phenoxy) is 1. The van der Waals surface area contributed by atoms with E-state index in [1.54, 1.807) is 7.11 Å². The highest BCUT2D eigenvalue weighted by Gasteiger charge is 2.25. The van der Waals surface area contributed by atoms with Crippen LogP contribution in [-0.4, -0.2) is 59.2 Å². The molecule has 0 amide bonds.